The number of aryl methyl sites for hydroxylation is 1. The van der Waals surface area contributed by atoms with Crippen LogP contribution in [-0.2, 0) is 6.42 Å². The second-order valence-corrected chi connectivity index (χ2v) is 6.29. The first kappa shape index (κ1) is 14.9. The van der Waals surface area contributed by atoms with E-state index < -0.39 is 0 Å². The summed E-state index contributed by atoms with van der Waals surface area (Å²) in [7, 11) is 0. The van der Waals surface area contributed by atoms with Gasteiger partial charge in [0, 0.05) is 37.3 Å². The molecule has 1 aromatic carbocycles. The lowest BCUT2D eigenvalue weighted by atomic mass is 10.0. The number of H-pyrrole nitrogens is 1. The van der Waals surface area contributed by atoms with Crippen LogP contribution in [-0.4, -0.2) is 43.6 Å². The molecule has 0 radical (unpaired) electrons. The van der Waals surface area contributed by atoms with Crippen molar-refractivity contribution in [2.75, 3.05) is 13.1 Å². The summed E-state index contributed by atoms with van der Waals surface area (Å²) in [6, 6.07) is 6.04. The van der Waals surface area contributed by atoms with Crippen LogP contribution in [0.25, 0.3) is 10.9 Å². The molecule has 1 atom stereocenters. The summed E-state index contributed by atoms with van der Waals surface area (Å²) in [6.07, 6.45) is 8.63. The number of carbonyl (C=O) groups excluding carboxylic acids is 1. The van der Waals surface area contributed by atoms with Gasteiger partial charge in [0.1, 0.15) is 5.82 Å². The fourth-order valence-corrected chi connectivity index (χ4v) is 3.64. The quantitative estimate of drug-likeness (QED) is 0.806. The maximum Gasteiger partial charge on any atom is 0.254 e. The summed E-state index contributed by atoms with van der Waals surface area (Å²) in [4.78, 5) is 19.4. The van der Waals surface area contributed by atoms with Crippen LogP contribution in [0.2, 0.25) is 0 Å². The first-order chi connectivity index (χ1) is 11.8. The summed E-state index contributed by atoms with van der Waals surface area (Å²) in [5.41, 5.74) is 1.63. The first-order valence-electron chi connectivity index (χ1n) is 8.51. The third kappa shape index (κ3) is 2.48. The number of imidazole rings is 1. The molecule has 4 rings (SSSR count). The van der Waals surface area contributed by atoms with Crippen molar-refractivity contribution < 1.29 is 4.79 Å². The summed E-state index contributed by atoms with van der Waals surface area (Å²) in [6.45, 7) is 3.65. The minimum atomic E-state index is 0.0878. The van der Waals surface area contributed by atoms with Crippen molar-refractivity contribution in [1.82, 2.24) is 24.6 Å². The number of amides is 1. The number of rotatable bonds is 3. The van der Waals surface area contributed by atoms with Crippen LogP contribution in [0.15, 0.2) is 36.8 Å². The van der Waals surface area contributed by atoms with Gasteiger partial charge >= 0.3 is 0 Å². The van der Waals surface area contributed by atoms with E-state index in [4.69, 9.17) is 0 Å². The van der Waals surface area contributed by atoms with Gasteiger partial charge in [-0.25, -0.2) is 4.98 Å². The highest BCUT2D eigenvalue weighted by Crippen LogP contribution is 2.26. The molecule has 0 saturated carbocycles. The molecule has 124 valence electrons. The number of piperidine rings is 1. The molecule has 0 aliphatic carbocycles. The SMILES string of the molecule is CCc1nccn1C1CCCN(C(=O)c2cccc3[nH]ncc23)C1. The molecule has 1 amide bonds. The third-order valence-corrected chi connectivity index (χ3v) is 4.86. The van der Waals surface area contributed by atoms with Crippen LogP contribution in [0.4, 0.5) is 0 Å². The highest BCUT2D eigenvalue weighted by atomic mass is 16.2. The van der Waals surface area contributed by atoms with Gasteiger partial charge in [-0.1, -0.05) is 13.0 Å². The number of aromatic nitrogens is 4. The molecule has 1 fully saturated rings. The summed E-state index contributed by atoms with van der Waals surface area (Å²) in [5.74, 6) is 1.18. The topological polar surface area (TPSA) is 66.8 Å². The predicted molar refractivity (Wildman–Crippen MR) is 91.9 cm³/mol. The van der Waals surface area contributed by atoms with Crippen LogP contribution in [0.3, 0.4) is 0 Å². The number of likely N-dealkylation sites (tertiary alicyclic amines) is 1. The Labute approximate surface area is 140 Å². The molecule has 0 bridgehead atoms. The van der Waals surface area contributed by atoms with Crippen molar-refractivity contribution in [2.45, 2.75) is 32.2 Å². The molecule has 1 saturated heterocycles. The molecule has 3 aromatic rings. The van der Waals surface area contributed by atoms with E-state index in [-0.39, 0.29) is 5.91 Å². The number of hydrogen-bond acceptors (Lipinski definition) is 3. The van der Waals surface area contributed by atoms with Crippen molar-refractivity contribution in [3.63, 3.8) is 0 Å². The van der Waals surface area contributed by atoms with Gasteiger partial charge in [0.15, 0.2) is 0 Å². The smallest absolute Gasteiger partial charge is 0.254 e. The van der Waals surface area contributed by atoms with E-state index in [1.165, 1.54) is 0 Å². The molecule has 3 heterocycles. The number of nitrogens with zero attached hydrogens (tertiary/aromatic N) is 4. The van der Waals surface area contributed by atoms with Crippen LogP contribution < -0.4 is 0 Å². The Hall–Kier alpha value is -2.63. The summed E-state index contributed by atoms with van der Waals surface area (Å²) >= 11 is 0. The molecule has 1 unspecified atom stereocenters. The van der Waals surface area contributed by atoms with Crippen LogP contribution >= 0.6 is 0 Å². The average molecular weight is 323 g/mol. The van der Waals surface area contributed by atoms with E-state index >= 15 is 0 Å². The zero-order valence-electron chi connectivity index (χ0n) is 13.8. The third-order valence-electron chi connectivity index (χ3n) is 4.86. The Morgan fingerprint density at radius 2 is 2.33 bits per heavy atom. The standard InChI is InChI=1S/C18H21N5O/c1-2-17-19-8-10-23(17)13-5-4-9-22(12-13)18(24)14-6-3-7-16-15(14)11-20-21-16/h3,6-8,10-11,13H,2,4-5,9,12H2,1H3,(H,20,21). The Morgan fingerprint density at radius 3 is 3.21 bits per heavy atom. The van der Waals surface area contributed by atoms with Gasteiger partial charge in [-0.15, -0.1) is 0 Å². The Morgan fingerprint density at radius 1 is 1.42 bits per heavy atom. The van der Waals surface area contributed by atoms with Gasteiger partial charge in [0.05, 0.1) is 23.3 Å². The lowest BCUT2D eigenvalue weighted by Gasteiger charge is -2.34. The van der Waals surface area contributed by atoms with E-state index in [0.717, 1.165) is 54.6 Å². The van der Waals surface area contributed by atoms with Gasteiger partial charge in [0.2, 0.25) is 0 Å². The minimum absolute atomic E-state index is 0.0878. The van der Waals surface area contributed by atoms with Crippen LogP contribution in [0, 0.1) is 0 Å². The van der Waals surface area contributed by atoms with E-state index in [2.05, 4.69) is 26.7 Å². The molecule has 6 nitrogen and oxygen atoms in total. The largest absolute Gasteiger partial charge is 0.337 e. The summed E-state index contributed by atoms with van der Waals surface area (Å²) < 4.78 is 2.23. The van der Waals surface area contributed by atoms with Crippen LogP contribution in [0.5, 0.6) is 0 Å². The van der Waals surface area contributed by atoms with Crippen LogP contribution in [0.1, 0.15) is 42.0 Å². The summed E-state index contributed by atoms with van der Waals surface area (Å²) in [5, 5.41) is 7.88. The maximum absolute atomic E-state index is 13.0. The molecule has 2 aromatic heterocycles. The molecule has 6 heteroatoms. The number of nitrogens with one attached hydrogen (secondary N) is 1. The van der Waals surface area contributed by atoms with Gasteiger partial charge in [-0.2, -0.15) is 5.10 Å². The average Bonchev–Trinajstić information content (AvgIpc) is 3.29. The normalized spacial score (nSPS) is 18.2. The lowest BCUT2D eigenvalue weighted by molar-refractivity contribution is 0.0680. The number of aromatic amines is 1. The van der Waals surface area contributed by atoms with E-state index in [0.29, 0.717) is 6.04 Å². The van der Waals surface area contributed by atoms with E-state index in [9.17, 15) is 4.79 Å². The number of benzene rings is 1. The van der Waals surface area contributed by atoms with E-state index in [1.807, 2.05) is 35.5 Å². The zero-order valence-corrected chi connectivity index (χ0v) is 13.8. The molecule has 1 N–H and O–H groups in total. The zero-order chi connectivity index (χ0) is 16.5. The Kier molecular flexibility index (Phi) is 3.80. The predicted octanol–water partition coefficient (Wildman–Crippen LogP) is 2.80. The lowest BCUT2D eigenvalue weighted by Crippen LogP contribution is -2.41. The van der Waals surface area contributed by atoms with E-state index in [1.54, 1.807) is 6.20 Å². The van der Waals surface area contributed by atoms with Crippen molar-refractivity contribution in [3.8, 4) is 0 Å². The second-order valence-electron chi connectivity index (χ2n) is 6.29. The fraction of sp³-hybridized carbons (Fsp3) is 0.389. The van der Waals surface area contributed by atoms with Gasteiger partial charge in [0.25, 0.3) is 5.91 Å². The second kappa shape index (κ2) is 6.11. The number of fused-ring (bicyclic) bond motifs is 1. The molecule has 24 heavy (non-hydrogen) atoms. The van der Waals surface area contributed by atoms with Crippen molar-refractivity contribution in [1.29, 1.82) is 0 Å². The Balaban J connectivity index is 1.60. The molecule has 0 spiro atoms. The molecular formula is C18H21N5O. The van der Waals surface area contributed by atoms with Crippen molar-refractivity contribution in [3.05, 3.63) is 48.2 Å². The number of carbonyl (C=O) groups is 1. The minimum Gasteiger partial charge on any atom is -0.337 e. The van der Waals surface area contributed by atoms with Crippen molar-refractivity contribution in [2.24, 2.45) is 0 Å². The monoisotopic (exact) mass is 323 g/mol. The highest BCUT2D eigenvalue weighted by molar-refractivity contribution is 6.06. The maximum atomic E-state index is 13.0. The van der Waals surface area contributed by atoms with Gasteiger partial charge < -0.3 is 9.47 Å². The fourth-order valence-electron chi connectivity index (χ4n) is 3.64. The Bertz CT molecular complexity index is 865. The molecule has 1 aliphatic rings. The van der Waals surface area contributed by atoms with Gasteiger partial charge in [-0.3, -0.25) is 9.89 Å². The molecular weight excluding hydrogens is 302 g/mol. The number of hydrogen-bond donors (Lipinski definition) is 1. The van der Waals surface area contributed by atoms with Gasteiger partial charge in [-0.05, 0) is 25.0 Å². The highest BCUT2D eigenvalue weighted by Gasteiger charge is 2.27. The molecule has 1 aliphatic heterocycles. The van der Waals surface area contributed by atoms with Crippen molar-refractivity contribution >= 4 is 16.8 Å². The first-order valence-corrected chi connectivity index (χ1v) is 8.51.